The molecule has 1 heterocycles. The molecule has 6 rings (SSSR count). The first-order valence-corrected chi connectivity index (χ1v) is 24.1. The summed E-state index contributed by atoms with van der Waals surface area (Å²) in [6.07, 6.45) is -9.94. The number of ketones is 3. The number of hydrogen-bond donors (Lipinski definition) is 4. The highest BCUT2D eigenvalue weighted by Gasteiger charge is 2.76. The Morgan fingerprint density at radius 3 is 2.12 bits per heavy atom. The van der Waals surface area contributed by atoms with Crippen LogP contribution >= 0.6 is 11.8 Å². The highest BCUT2D eigenvalue weighted by molar-refractivity contribution is 8.00. The van der Waals surface area contributed by atoms with Gasteiger partial charge in [-0.25, -0.2) is 9.59 Å². The molecule has 4 aliphatic rings. The molecule has 17 heteroatoms. The molecule has 0 aromatic heterocycles. The molecule has 68 heavy (non-hydrogen) atoms. The molecule has 2 aromatic rings. The number of hydrogen-bond acceptors (Lipinski definition) is 16. The lowest BCUT2D eigenvalue weighted by molar-refractivity contribution is -0.339. The standard InChI is InChI=1S/C51H65NO15S/c1-27(2)34(55)24-68-25-38(57)65-42(40(31-19-15-12-16-20-31)52-46(61)67-47(5,6)7)45(60)64-35-23-51(62)32(21-33(54)30-17-13-11-14-18-30)43-49(10,44(59)41(58)39(28(35)3)48(51,8)9)36(56)22-37-50(43,26-63-37)66-29(4)53/h11-20,27,32,35-37,40-43,56,58,62H,21-26H2,1-10H3,(H,52,61)/t32-,35-,36-,37+,40-,41+,42+,43-,49+,50-,51+/m0/s1. The van der Waals surface area contributed by atoms with Crippen LogP contribution < -0.4 is 5.32 Å². The molecule has 4 N–H and O–H groups in total. The summed E-state index contributed by atoms with van der Waals surface area (Å²) in [7, 11) is 0. The number of fused-ring (bicyclic) bond motifs is 5. The maximum atomic E-state index is 15.2. The van der Waals surface area contributed by atoms with Crippen molar-refractivity contribution in [3.8, 4) is 0 Å². The van der Waals surface area contributed by atoms with E-state index >= 15 is 9.59 Å². The Hall–Kier alpha value is -4.94. The quantitative estimate of drug-likeness (QED) is 0.0753. The van der Waals surface area contributed by atoms with Gasteiger partial charge in [0, 0.05) is 54.9 Å². The summed E-state index contributed by atoms with van der Waals surface area (Å²) in [6.45, 7) is 15.5. The molecule has 3 aliphatic carbocycles. The van der Waals surface area contributed by atoms with E-state index < -0.39 is 124 Å². The van der Waals surface area contributed by atoms with E-state index in [2.05, 4.69) is 5.32 Å². The zero-order chi connectivity index (χ0) is 50.3. The predicted molar refractivity (Wildman–Crippen MR) is 248 cm³/mol. The summed E-state index contributed by atoms with van der Waals surface area (Å²) >= 11 is 0.978. The number of rotatable bonds is 15. The fourth-order valence-electron chi connectivity index (χ4n) is 10.9. The van der Waals surface area contributed by atoms with Gasteiger partial charge in [0.25, 0.3) is 0 Å². The van der Waals surface area contributed by atoms with Gasteiger partial charge in [-0.2, -0.15) is 0 Å². The summed E-state index contributed by atoms with van der Waals surface area (Å²) < 4.78 is 29.8. The minimum absolute atomic E-state index is 0.0129. The molecule has 2 saturated carbocycles. The fraction of sp³-hybridized carbons (Fsp3) is 0.588. The smallest absolute Gasteiger partial charge is 0.408 e. The third-order valence-corrected chi connectivity index (χ3v) is 15.3. The van der Waals surface area contributed by atoms with E-state index in [0.29, 0.717) is 5.56 Å². The molecule has 1 saturated heterocycles. The molecule has 16 nitrogen and oxygen atoms in total. The van der Waals surface area contributed by atoms with Crippen LogP contribution in [0.3, 0.4) is 0 Å². The lowest BCUT2D eigenvalue weighted by Gasteiger charge is -2.68. The molecular weight excluding hydrogens is 899 g/mol. The Bertz CT molecular complexity index is 2310. The van der Waals surface area contributed by atoms with Gasteiger partial charge in [0.2, 0.25) is 6.10 Å². The summed E-state index contributed by atoms with van der Waals surface area (Å²) in [5.74, 6) is -7.68. The van der Waals surface area contributed by atoms with Crippen LogP contribution in [0.1, 0.15) is 110 Å². The van der Waals surface area contributed by atoms with Crippen molar-refractivity contribution in [2.24, 2.45) is 28.6 Å². The number of amides is 1. The van der Waals surface area contributed by atoms with Crippen molar-refractivity contribution in [1.82, 2.24) is 5.32 Å². The number of aliphatic hydroxyl groups excluding tert-OH is 2. The van der Waals surface area contributed by atoms with Gasteiger partial charge < -0.3 is 44.3 Å². The summed E-state index contributed by atoms with van der Waals surface area (Å²) in [4.78, 5) is 97.4. The van der Waals surface area contributed by atoms with Gasteiger partial charge in [-0.3, -0.25) is 24.0 Å². The largest absolute Gasteiger partial charge is 0.455 e. The van der Waals surface area contributed by atoms with Crippen molar-refractivity contribution >= 4 is 53.1 Å². The number of alkyl carbamates (subject to hydrolysis) is 1. The predicted octanol–water partition coefficient (Wildman–Crippen LogP) is 5.43. The first-order valence-electron chi connectivity index (χ1n) is 23.0. The first kappa shape index (κ1) is 52.4. The molecule has 2 aromatic carbocycles. The number of carbonyl (C=O) groups excluding carboxylic acids is 7. The van der Waals surface area contributed by atoms with Gasteiger partial charge in [-0.05, 0) is 51.3 Å². The highest BCUT2D eigenvalue weighted by Crippen LogP contribution is 2.66. The number of esters is 3. The van der Waals surface area contributed by atoms with Gasteiger partial charge in [0.1, 0.15) is 35.7 Å². The molecule has 3 fully saturated rings. The van der Waals surface area contributed by atoms with Crippen molar-refractivity contribution in [2.75, 3.05) is 18.1 Å². The second-order valence-electron chi connectivity index (χ2n) is 20.6. The highest BCUT2D eigenvalue weighted by atomic mass is 32.2. The monoisotopic (exact) mass is 963 g/mol. The zero-order valence-corrected chi connectivity index (χ0v) is 41.2. The van der Waals surface area contributed by atoms with Crippen LogP contribution in [0.4, 0.5) is 4.79 Å². The molecule has 370 valence electrons. The van der Waals surface area contributed by atoms with Crippen LogP contribution in [0.5, 0.6) is 0 Å². The van der Waals surface area contributed by atoms with Crippen LogP contribution in [0.15, 0.2) is 71.8 Å². The van der Waals surface area contributed by atoms with Crippen LogP contribution in [0.25, 0.3) is 0 Å². The average Bonchev–Trinajstić information content (AvgIpc) is 3.25. The Morgan fingerprint density at radius 1 is 0.941 bits per heavy atom. The SMILES string of the molecule is CC(=O)O[C@@]12CO[C@@H]1C[C@H](O)[C@@]1(C)C(=O)[C@H](O)C3=C(C)[C@@H](OC(=O)[C@H](OC(=O)CSCC(=O)C(C)C)[C@@H](NC(=O)OC(C)(C)C)c4ccccc4)C[C@@](O)([C@@H](CC(=O)c4ccccc4)[C@H]21)C3(C)C. The molecule has 0 spiro atoms. The second kappa shape index (κ2) is 19.8. The topological polar surface area (TPSA) is 238 Å². The molecular formula is C51H65NO15S. The van der Waals surface area contributed by atoms with Crippen LogP contribution in [-0.2, 0) is 47.7 Å². The van der Waals surface area contributed by atoms with Crippen molar-refractivity contribution < 1.29 is 72.6 Å². The van der Waals surface area contributed by atoms with Gasteiger partial charge >= 0.3 is 24.0 Å². The maximum absolute atomic E-state index is 15.2. The third kappa shape index (κ3) is 9.91. The zero-order valence-electron chi connectivity index (χ0n) is 40.4. The number of carbonyl (C=O) groups is 7. The first-order chi connectivity index (χ1) is 31.7. The fourth-order valence-corrected chi connectivity index (χ4v) is 11.7. The van der Waals surface area contributed by atoms with E-state index in [1.807, 2.05) is 0 Å². The van der Waals surface area contributed by atoms with Crippen molar-refractivity contribution in [2.45, 2.75) is 142 Å². The number of thioether (sulfide) groups is 1. The molecule has 1 amide bonds. The van der Waals surface area contributed by atoms with E-state index in [-0.39, 0.29) is 52.9 Å². The Morgan fingerprint density at radius 2 is 1.56 bits per heavy atom. The number of aliphatic hydroxyl groups is 3. The van der Waals surface area contributed by atoms with Crippen molar-refractivity contribution in [3.63, 3.8) is 0 Å². The molecule has 0 radical (unpaired) electrons. The number of nitrogens with one attached hydrogen (secondary N) is 1. The molecule has 0 unspecified atom stereocenters. The summed E-state index contributed by atoms with van der Waals surface area (Å²) in [6, 6.07) is 15.0. The minimum atomic E-state index is -2.21. The number of Topliss-reactive ketones (excluding diaryl/α,β-unsaturated/α-hetero) is 3. The van der Waals surface area contributed by atoms with E-state index in [0.717, 1.165) is 11.8 Å². The number of benzene rings is 2. The van der Waals surface area contributed by atoms with Crippen molar-refractivity contribution in [3.05, 3.63) is 82.9 Å². The third-order valence-electron chi connectivity index (χ3n) is 14.4. The van der Waals surface area contributed by atoms with E-state index in [1.54, 1.807) is 109 Å². The molecule has 1 aliphatic heterocycles. The van der Waals surface area contributed by atoms with E-state index in [4.69, 9.17) is 23.7 Å². The molecule has 2 bridgehead atoms. The average molecular weight is 964 g/mol. The lowest BCUT2D eigenvalue weighted by atomic mass is 9.42. The second-order valence-corrected chi connectivity index (χ2v) is 21.5. The van der Waals surface area contributed by atoms with E-state index in [1.165, 1.54) is 20.8 Å². The van der Waals surface area contributed by atoms with Crippen LogP contribution in [0.2, 0.25) is 0 Å². The van der Waals surface area contributed by atoms with E-state index in [9.17, 15) is 39.3 Å². The van der Waals surface area contributed by atoms with Gasteiger partial charge in [0.05, 0.1) is 35.2 Å². The van der Waals surface area contributed by atoms with Gasteiger partial charge in [-0.1, -0.05) is 88.4 Å². The van der Waals surface area contributed by atoms with Crippen molar-refractivity contribution in [1.29, 1.82) is 0 Å². The van der Waals surface area contributed by atoms with Gasteiger partial charge in [0.15, 0.2) is 17.2 Å². The van der Waals surface area contributed by atoms with Crippen LogP contribution in [-0.4, -0.2) is 122 Å². The molecule has 11 atom stereocenters. The normalized spacial score (nSPS) is 30.5. The maximum Gasteiger partial charge on any atom is 0.408 e. The minimum Gasteiger partial charge on any atom is -0.455 e. The summed E-state index contributed by atoms with van der Waals surface area (Å²) in [5, 5.41) is 41.0. The Balaban J connectivity index is 1.50. The Labute approximate surface area is 401 Å². The lowest BCUT2D eigenvalue weighted by Crippen LogP contribution is -2.80. The Kier molecular flexibility index (Phi) is 15.3. The van der Waals surface area contributed by atoms with Gasteiger partial charge in [-0.15, -0.1) is 11.8 Å². The van der Waals surface area contributed by atoms with Crippen LogP contribution in [0, 0.1) is 28.6 Å². The number of ether oxygens (including phenoxy) is 5. The summed E-state index contributed by atoms with van der Waals surface area (Å²) in [5.41, 5.74) is -7.66.